The molecule has 0 saturated heterocycles. The maximum atomic E-state index is 11.8. The summed E-state index contributed by atoms with van der Waals surface area (Å²) in [6.07, 6.45) is 2.80. The summed E-state index contributed by atoms with van der Waals surface area (Å²) in [5.74, 6) is 0.219. The van der Waals surface area contributed by atoms with Crippen molar-refractivity contribution in [2.24, 2.45) is 5.92 Å². The Hall–Kier alpha value is -0.580. The van der Waals surface area contributed by atoms with Gasteiger partial charge in [0, 0.05) is 13.2 Å². The van der Waals surface area contributed by atoms with Crippen LogP contribution in [0.15, 0.2) is 11.4 Å². The van der Waals surface area contributed by atoms with Gasteiger partial charge in [-0.15, -0.1) is 11.3 Å². The lowest BCUT2D eigenvalue weighted by molar-refractivity contribution is 0.0947. The average Bonchev–Trinajstić information content (AvgIpc) is 2.72. The zero-order chi connectivity index (χ0) is 12.7. The van der Waals surface area contributed by atoms with Gasteiger partial charge in [0.05, 0.1) is 5.02 Å². The van der Waals surface area contributed by atoms with Crippen LogP contribution in [-0.2, 0) is 0 Å². The van der Waals surface area contributed by atoms with E-state index in [4.69, 9.17) is 16.7 Å². The zero-order valence-electron chi connectivity index (χ0n) is 9.91. The van der Waals surface area contributed by atoms with Crippen LogP contribution < -0.4 is 5.32 Å². The van der Waals surface area contributed by atoms with E-state index in [0.717, 1.165) is 19.3 Å². The molecule has 0 aromatic carbocycles. The lowest BCUT2D eigenvalue weighted by Gasteiger charge is -2.15. The van der Waals surface area contributed by atoms with Gasteiger partial charge in [-0.3, -0.25) is 4.79 Å². The SMILES string of the molecule is CCCC(CCO)CNC(=O)c1sccc1Cl. The highest BCUT2D eigenvalue weighted by molar-refractivity contribution is 7.12. The molecule has 1 aromatic heterocycles. The number of amides is 1. The number of carbonyl (C=O) groups excluding carboxylic acids is 1. The van der Waals surface area contributed by atoms with Gasteiger partial charge in [0.1, 0.15) is 4.88 Å². The Morgan fingerprint density at radius 2 is 2.35 bits per heavy atom. The number of aliphatic hydroxyl groups excluding tert-OH is 1. The minimum absolute atomic E-state index is 0.121. The summed E-state index contributed by atoms with van der Waals surface area (Å²) in [5.41, 5.74) is 0. The Labute approximate surface area is 111 Å². The van der Waals surface area contributed by atoms with Crippen LogP contribution in [0, 0.1) is 5.92 Å². The number of aliphatic hydroxyl groups is 1. The standard InChI is InChI=1S/C12H18ClNO2S/c1-2-3-9(4-6-15)8-14-12(16)11-10(13)5-7-17-11/h5,7,9,15H,2-4,6,8H2,1H3,(H,14,16). The third-order valence-corrected chi connectivity index (χ3v) is 3.95. The zero-order valence-corrected chi connectivity index (χ0v) is 11.5. The molecule has 0 radical (unpaired) electrons. The highest BCUT2D eigenvalue weighted by Gasteiger charge is 2.14. The first-order valence-corrected chi connectivity index (χ1v) is 7.06. The van der Waals surface area contributed by atoms with E-state index in [1.54, 1.807) is 11.4 Å². The first-order valence-electron chi connectivity index (χ1n) is 5.81. The van der Waals surface area contributed by atoms with Crippen LogP contribution in [0.4, 0.5) is 0 Å². The molecular formula is C12H18ClNO2S. The van der Waals surface area contributed by atoms with Crippen LogP contribution in [0.2, 0.25) is 5.02 Å². The molecule has 1 aromatic rings. The van der Waals surface area contributed by atoms with E-state index in [1.165, 1.54) is 11.3 Å². The fraction of sp³-hybridized carbons (Fsp3) is 0.583. The molecular weight excluding hydrogens is 258 g/mol. The highest BCUT2D eigenvalue weighted by Crippen LogP contribution is 2.21. The van der Waals surface area contributed by atoms with E-state index in [1.807, 2.05) is 0 Å². The molecule has 1 unspecified atom stereocenters. The Bertz CT molecular complexity index is 348. The molecule has 17 heavy (non-hydrogen) atoms. The number of rotatable bonds is 7. The minimum atomic E-state index is -0.121. The molecule has 1 rings (SSSR count). The normalized spacial score (nSPS) is 12.4. The third-order valence-electron chi connectivity index (χ3n) is 2.61. The second kappa shape index (κ2) is 7.69. The largest absolute Gasteiger partial charge is 0.396 e. The van der Waals surface area contributed by atoms with E-state index in [-0.39, 0.29) is 12.5 Å². The van der Waals surface area contributed by atoms with Gasteiger partial charge in [0.25, 0.3) is 5.91 Å². The molecule has 0 aliphatic rings. The molecule has 0 bridgehead atoms. The minimum Gasteiger partial charge on any atom is -0.396 e. The second-order valence-electron chi connectivity index (χ2n) is 3.97. The predicted molar refractivity (Wildman–Crippen MR) is 71.8 cm³/mol. The molecule has 96 valence electrons. The van der Waals surface area contributed by atoms with Crippen molar-refractivity contribution in [3.05, 3.63) is 21.3 Å². The van der Waals surface area contributed by atoms with Crippen molar-refractivity contribution in [1.82, 2.24) is 5.32 Å². The van der Waals surface area contributed by atoms with Crippen LogP contribution >= 0.6 is 22.9 Å². The number of hydrogen-bond acceptors (Lipinski definition) is 3. The maximum Gasteiger partial charge on any atom is 0.262 e. The Morgan fingerprint density at radius 1 is 1.59 bits per heavy atom. The monoisotopic (exact) mass is 275 g/mol. The van der Waals surface area contributed by atoms with Gasteiger partial charge < -0.3 is 10.4 Å². The topological polar surface area (TPSA) is 49.3 Å². The van der Waals surface area contributed by atoms with Gasteiger partial charge in [-0.2, -0.15) is 0 Å². The van der Waals surface area contributed by atoms with Gasteiger partial charge in [0.2, 0.25) is 0 Å². The summed E-state index contributed by atoms with van der Waals surface area (Å²) >= 11 is 7.22. The predicted octanol–water partition coefficient (Wildman–Crippen LogP) is 2.93. The van der Waals surface area contributed by atoms with Crippen molar-refractivity contribution < 1.29 is 9.90 Å². The second-order valence-corrected chi connectivity index (χ2v) is 5.30. The highest BCUT2D eigenvalue weighted by atomic mass is 35.5. The molecule has 0 aliphatic heterocycles. The molecule has 1 amide bonds. The lowest BCUT2D eigenvalue weighted by atomic mass is 10.0. The fourth-order valence-electron chi connectivity index (χ4n) is 1.71. The molecule has 0 aliphatic carbocycles. The van der Waals surface area contributed by atoms with Crippen LogP contribution in [0.5, 0.6) is 0 Å². The smallest absolute Gasteiger partial charge is 0.262 e. The molecule has 2 N–H and O–H groups in total. The van der Waals surface area contributed by atoms with Crippen molar-refractivity contribution in [1.29, 1.82) is 0 Å². The van der Waals surface area contributed by atoms with Crippen molar-refractivity contribution >= 4 is 28.8 Å². The Kier molecular flexibility index (Phi) is 6.55. The first-order chi connectivity index (χ1) is 8.19. The van der Waals surface area contributed by atoms with Crippen LogP contribution in [0.3, 0.4) is 0 Å². The van der Waals surface area contributed by atoms with Crippen molar-refractivity contribution in [3.8, 4) is 0 Å². The molecule has 1 atom stereocenters. The number of carbonyl (C=O) groups is 1. The molecule has 3 nitrogen and oxygen atoms in total. The number of thiophene rings is 1. The summed E-state index contributed by atoms with van der Waals surface area (Å²) in [4.78, 5) is 12.4. The van der Waals surface area contributed by atoms with Crippen LogP contribution in [0.1, 0.15) is 35.9 Å². The van der Waals surface area contributed by atoms with Crippen LogP contribution in [-0.4, -0.2) is 24.2 Å². The van der Waals surface area contributed by atoms with E-state index in [0.29, 0.717) is 22.4 Å². The quantitative estimate of drug-likeness (QED) is 0.804. The van der Waals surface area contributed by atoms with E-state index < -0.39 is 0 Å². The van der Waals surface area contributed by atoms with Crippen molar-refractivity contribution in [2.75, 3.05) is 13.2 Å². The summed E-state index contributed by atoms with van der Waals surface area (Å²) < 4.78 is 0. The summed E-state index contributed by atoms with van der Waals surface area (Å²) in [7, 11) is 0. The number of nitrogens with one attached hydrogen (secondary N) is 1. The Morgan fingerprint density at radius 3 is 2.88 bits per heavy atom. The Balaban J connectivity index is 2.43. The lowest BCUT2D eigenvalue weighted by Crippen LogP contribution is -2.29. The molecule has 0 spiro atoms. The van der Waals surface area contributed by atoms with E-state index in [2.05, 4.69) is 12.2 Å². The van der Waals surface area contributed by atoms with Gasteiger partial charge >= 0.3 is 0 Å². The van der Waals surface area contributed by atoms with Crippen molar-refractivity contribution in [2.45, 2.75) is 26.2 Å². The maximum absolute atomic E-state index is 11.8. The van der Waals surface area contributed by atoms with Gasteiger partial charge in [-0.1, -0.05) is 24.9 Å². The summed E-state index contributed by atoms with van der Waals surface area (Å²) in [5, 5.41) is 14.1. The average molecular weight is 276 g/mol. The van der Waals surface area contributed by atoms with Crippen LogP contribution in [0.25, 0.3) is 0 Å². The molecule has 1 heterocycles. The first kappa shape index (κ1) is 14.5. The molecule has 0 fully saturated rings. The third kappa shape index (κ3) is 4.66. The summed E-state index contributed by atoms with van der Waals surface area (Å²) in [6, 6.07) is 1.72. The number of hydrogen-bond donors (Lipinski definition) is 2. The summed E-state index contributed by atoms with van der Waals surface area (Å²) in [6.45, 7) is 2.87. The van der Waals surface area contributed by atoms with Gasteiger partial charge in [-0.05, 0) is 30.2 Å². The number of halogens is 1. The molecule has 0 saturated carbocycles. The van der Waals surface area contributed by atoms with Crippen molar-refractivity contribution in [3.63, 3.8) is 0 Å². The molecule has 5 heteroatoms. The van der Waals surface area contributed by atoms with E-state index in [9.17, 15) is 4.79 Å². The van der Waals surface area contributed by atoms with Gasteiger partial charge in [-0.25, -0.2) is 0 Å². The fourth-order valence-corrected chi connectivity index (χ4v) is 2.77. The van der Waals surface area contributed by atoms with E-state index >= 15 is 0 Å². The van der Waals surface area contributed by atoms with Gasteiger partial charge in [0.15, 0.2) is 0 Å².